The van der Waals surface area contributed by atoms with E-state index in [1.807, 2.05) is 7.05 Å². The van der Waals surface area contributed by atoms with Gasteiger partial charge in [0.25, 0.3) is 0 Å². The molecule has 1 aliphatic rings. The van der Waals surface area contributed by atoms with Crippen molar-refractivity contribution in [2.45, 2.75) is 18.8 Å². The Morgan fingerprint density at radius 2 is 2.36 bits per heavy atom. The summed E-state index contributed by atoms with van der Waals surface area (Å²) in [6, 6.07) is 8.69. The van der Waals surface area contributed by atoms with Crippen LogP contribution in [0, 0.1) is 5.92 Å². The van der Waals surface area contributed by atoms with Gasteiger partial charge in [-0.1, -0.05) is 35.0 Å². The molecule has 0 aromatic heterocycles. The molecule has 0 spiro atoms. The maximum absolute atomic E-state index is 3.53. The molecule has 1 nitrogen and oxygen atoms in total. The predicted molar refractivity (Wildman–Crippen MR) is 63.5 cm³/mol. The lowest BCUT2D eigenvalue weighted by Crippen LogP contribution is -2.15. The van der Waals surface area contributed by atoms with Crippen LogP contribution < -0.4 is 5.32 Å². The molecule has 0 amide bonds. The third-order valence-corrected chi connectivity index (χ3v) is 3.84. The molecule has 1 fully saturated rings. The van der Waals surface area contributed by atoms with Crippen LogP contribution in [0.25, 0.3) is 0 Å². The molecule has 2 unspecified atom stereocenters. The number of hydrogen-bond acceptors (Lipinski definition) is 1. The maximum Gasteiger partial charge on any atom is 0.0178 e. The fraction of sp³-hybridized carbons (Fsp3) is 0.500. The monoisotopic (exact) mass is 253 g/mol. The molecule has 0 aliphatic heterocycles. The summed E-state index contributed by atoms with van der Waals surface area (Å²) in [6.07, 6.45) is 1.31. The minimum atomic E-state index is 0.410. The summed E-state index contributed by atoms with van der Waals surface area (Å²) in [5.74, 6) is 0.807. The Hall–Kier alpha value is -0.340. The van der Waals surface area contributed by atoms with Gasteiger partial charge in [0, 0.05) is 4.47 Å². The van der Waals surface area contributed by atoms with Crippen LogP contribution in [-0.4, -0.2) is 13.6 Å². The summed E-state index contributed by atoms with van der Waals surface area (Å²) >= 11 is 3.53. The first-order chi connectivity index (χ1) is 6.66. The van der Waals surface area contributed by atoms with E-state index < -0.39 is 0 Å². The Kier molecular flexibility index (Phi) is 2.67. The number of halogens is 1. The summed E-state index contributed by atoms with van der Waals surface area (Å²) in [5.41, 5.74) is 1.87. The molecule has 0 bridgehead atoms. The zero-order valence-corrected chi connectivity index (χ0v) is 10.3. The minimum absolute atomic E-state index is 0.410. The van der Waals surface area contributed by atoms with Gasteiger partial charge in [-0.05, 0) is 49.0 Å². The van der Waals surface area contributed by atoms with E-state index >= 15 is 0 Å². The van der Waals surface area contributed by atoms with E-state index in [4.69, 9.17) is 0 Å². The van der Waals surface area contributed by atoms with E-state index in [0.717, 1.165) is 12.5 Å². The first-order valence-corrected chi connectivity index (χ1v) is 5.87. The maximum atomic E-state index is 3.53. The normalized spacial score (nSPS) is 30.4. The summed E-state index contributed by atoms with van der Waals surface area (Å²) in [6.45, 7) is 3.49. The molecule has 76 valence electrons. The number of benzene rings is 1. The van der Waals surface area contributed by atoms with E-state index in [0.29, 0.717) is 5.41 Å². The molecule has 0 saturated heterocycles. The summed E-state index contributed by atoms with van der Waals surface area (Å²) in [4.78, 5) is 0. The summed E-state index contributed by atoms with van der Waals surface area (Å²) in [5, 5.41) is 3.26. The van der Waals surface area contributed by atoms with Crippen LogP contribution in [0.1, 0.15) is 18.9 Å². The third kappa shape index (κ3) is 1.73. The molecule has 0 radical (unpaired) electrons. The van der Waals surface area contributed by atoms with Crippen molar-refractivity contribution in [1.82, 2.24) is 5.32 Å². The van der Waals surface area contributed by atoms with Crippen molar-refractivity contribution < 1.29 is 0 Å². The molecule has 1 aliphatic carbocycles. The highest BCUT2D eigenvalue weighted by Crippen LogP contribution is 2.53. The largest absolute Gasteiger partial charge is 0.319 e. The second-order valence-corrected chi connectivity index (χ2v) is 5.30. The van der Waals surface area contributed by atoms with Crippen molar-refractivity contribution in [2.75, 3.05) is 13.6 Å². The number of nitrogens with one attached hydrogen (secondary N) is 1. The van der Waals surface area contributed by atoms with Crippen molar-refractivity contribution in [3.8, 4) is 0 Å². The van der Waals surface area contributed by atoms with Crippen LogP contribution in [-0.2, 0) is 5.41 Å². The van der Waals surface area contributed by atoms with Gasteiger partial charge < -0.3 is 5.32 Å². The molecule has 1 saturated carbocycles. The second kappa shape index (κ2) is 3.67. The van der Waals surface area contributed by atoms with Crippen LogP contribution in [0.5, 0.6) is 0 Å². The molecule has 1 aromatic carbocycles. The zero-order chi connectivity index (χ0) is 10.2. The average Bonchev–Trinajstić information content (AvgIpc) is 2.79. The highest BCUT2D eigenvalue weighted by atomic mass is 79.9. The standard InChI is InChI=1S/C12H16BrN/c1-12(7-10(12)8-14-2)9-4-3-5-11(13)6-9/h3-6,10,14H,7-8H2,1-2H3. The van der Waals surface area contributed by atoms with Crippen molar-refractivity contribution in [3.05, 3.63) is 34.3 Å². The third-order valence-electron chi connectivity index (χ3n) is 3.35. The summed E-state index contributed by atoms with van der Waals surface area (Å²) < 4.78 is 1.19. The fourth-order valence-electron chi connectivity index (χ4n) is 2.19. The molecule has 2 heteroatoms. The second-order valence-electron chi connectivity index (χ2n) is 4.39. The van der Waals surface area contributed by atoms with Crippen molar-refractivity contribution in [2.24, 2.45) is 5.92 Å². The lowest BCUT2D eigenvalue weighted by Gasteiger charge is -2.12. The smallest absolute Gasteiger partial charge is 0.0178 e. The Morgan fingerprint density at radius 3 is 3.00 bits per heavy atom. The van der Waals surface area contributed by atoms with Gasteiger partial charge in [-0.15, -0.1) is 0 Å². The predicted octanol–water partition coefficient (Wildman–Crippen LogP) is 2.95. The SMILES string of the molecule is CNCC1CC1(C)c1cccc(Br)c1. The van der Waals surface area contributed by atoms with Crippen LogP contribution in [0.4, 0.5) is 0 Å². The first-order valence-electron chi connectivity index (χ1n) is 5.07. The molecule has 0 heterocycles. The van der Waals surface area contributed by atoms with Gasteiger partial charge in [-0.3, -0.25) is 0 Å². The van der Waals surface area contributed by atoms with Gasteiger partial charge in [0.05, 0.1) is 0 Å². The molecule has 1 N–H and O–H groups in total. The Morgan fingerprint density at radius 1 is 1.57 bits per heavy atom. The molecular weight excluding hydrogens is 238 g/mol. The Labute approximate surface area is 94.0 Å². The van der Waals surface area contributed by atoms with Gasteiger partial charge in [0.1, 0.15) is 0 Å². The van der Waals surface area contributed by atoms with Gasteiger partial charge >= 0.3 is 0 Å². The van der Waals surface area contributed by atoms with E-state index in [1.54, 1.807) is 0 Å². The molecule has 2 atom stereocenters. The van der Waals surface area contributed by atoms with E-state index in [2.05, 4.69) is 52.4 Å². The molecule has 14 heavy (non-hydrogen) atoms. The fourth-order valence-corrected chi connectivity index (χ4v) is 2.59. The average molecular weight is 254 g/mol. The topological polar surface area (TPSA) is 12.0 Å². The molecular formula is C12H16BrN. The van der Waals surface area contributed by atoms with Gasteiger partial charge in [-0.25, -0.2) is 0 Å². The number of rotatable bonds is 3. The lowest BCUT2D eigenvalue weighted by molar-refractivity contribution is 0.617. The van der Waals surface area contributed by atoms with E-state index in [-0.39, 0.29) is 0 Å². The Bertz CT molecular complexity index is 337. The lowest BCUT2D eigenvalue weighted by atomic mass is 9.95. The molecule has 2 rings (SSSR count). The zero-order valence-electron chi connectivity index (χ0n) is 8.68. The van der Waals surface area contributed by atoms with Crippen molar-refractivity contribution >= 4 is 15.9 Å². The van der Waals surface area contributed by atoms with Gasteiger partial charge in [0.15, 0.2) is 0 Å². The van der Waals surface area contributed by atoms with Gasteiger partial charge in [-0.2, -0.15) is 0 Å². The van der Waals surface area contributed by atoms with Crippen molar-refractivity contribution in [3.63, 3.8) is 0 Å². The van der Waals surface area contributed by atoms with Crippen LogP contribution in [0.3, 0.4) is 0 Å². The highest BCUT2D eigenvalue weighted by Gasteiger charge is 2.50. The molecule has 1 aromatic rings. The van der Waals surface area contributed by atoms with E-state index in [9.17, 15) is 0 Å². The quantitative estimate of drug-likeness (QED) is 0.874. The van der Waals surface area contributed by atoms with Crippen LogP contribution in [0.2, 0.25) is 0 Å². The Balaban J connectivity index is 2.17. The number of hydrogen-bond donors (Lipinski definition) is 1. The minimum Gasteiger partial charge on any atom is -0.319 e. The van der Waals surface area contributed by atoms with Crippen LogP contribution in [0.15, 0.2) is 28.7 Å². The first kappa shape index (κ1) is 10.2. The van der Waals surface area contributed by atoms with E-state index in [1.165, 1.54) is 16.5 Å². The summed E-state index contributed by atoms with van der Waals surface area (Å²) in [7, 11) is 2.03. The van der Waals surface area contributed by atoms with Crippen LogP contribution >= 0.6 is 15.9 Å². The highest BCUT2D eigenvalue weighted by molar-refractivity contribution is 9.10. The van der Waals surface area contributed by atoms with Crippen molar-refractivity contribution in [1.29, 1.82) is 0 Å². The van der Waals surface area contributed by atoms with Gasteiger partial charge in [0.2, 0.25) is 0 Å².